The first kappa shape index (κ1) is 24.7. The van der Waals surface area contributed by atoms with Gasteiger partial charge in [0.05, 0.1) is 18.1 Å². The fraction of sp³-hybridized carbons (Fsp3) is 0.320. The molecule has 5 nitrogen and oxygen atoms in total. The fourth-order valence-electron chi connectivity index (χ4n) is 2.63. The number of hydrogen-bond donors (Lipinski definition) is 3. The van der Waals surface area contributed by atoms with Crippen LogP contribution in [-0.2, 0) is 4.74 Å². The highest BCUT2D eigenvalue weighted by Gasteiger charge is 2.17. The summed E-state index contributed by atoms with van der Waals surface area (Å²) in [7, 11) is 1.65. The minimum atomic E-state index is -0.312. The van der Waals surface area contributed by atoms with Crippen LogP contribution in [0.3, 0.4) is 0 Å². The lowest BCUT2D eigenvalue weighted by Crippen LogP contribution is -2.46. The Labute approximate surface area is 194 Å². The van der Waals surface area contributed by atoms with Gasteiger partial charge in [-0.3, -0.25) is 10.3 Å². The molecule has 0 radical (unpaired) electrons. The molecule has 0 aromatic heterocycles. The van der Waals surface area contributed by atoms with Gasteiger partial charge in [0.1, 0.15) is 11.6 Å². The molecule has 6 heteroatoms. The number of ether oxygens (including phenoxy) is 1. The van der Waals surface area contributed by atoms with Gasteiger partial charge in [0.25, 0.3) is 0 Å². The molecule has 31 heavy (non-hydrogen) atoms. The number of halogens is 1. The molecule has 1 aromatic rings. The van der Waals surface area contributed by atoms with E-state index in [4.69, 9.17) is 4.74 Å². The largest absolute Gasteiger partial charge is 0.500 e. The maximum atomic E-state index is 5.52. The van der Waals surface area contributed by atoms with Crippen LogP contribution in [0.15, 0.2) is 88.0 Å². The predicted molar refractivity (Wildman–Crippen MR) is 135 cm³/mol. The average molecular weight is 485 g/mol. The Morgan fingerprint density at radius 3 is 2.52 bits per heavy atom. The molecule has 1 unspecified atom stereocenters. The van der Waals surface area contributed by atoms with E-state index in [2.05, 4.69) is 83.8 Å². The summed E-state index contributed by atoms with van der Waals surface area (Å²) < 4.78 is 6.35. The number of aliphatic imine (C=N–C) groups is 1. The van der Waals surface area contributed by atoms with E-state index in [0.717, 1.165) is 32.9 Å². The van der Waals surface area contributed by atoms with Crippen molar-refractivity contribution in [2.45, 2.75) is 34.0 Å². The van der Waals surface area contributed by atoms with Gasteiger partial charge in [-0.2, -0.15) is 0 Å². The zero-order valence-corrected chi connectivity index (χ0v) is 20.6. The van der Waals surface area contributed by atoms with Crippen molar-refractivity contribution in [1.82, 2.24) is 16.0 Å². The molecule has 0 aliphatic carbocycles. The molecule has 1 aromatic carbocycles. The summed E-state index contributed by atoms with van der Waals surface area (Å²) in [6, 6.07) is 10.0. The van der Waals surface area contributed by atoms with Crippen LogP contribution >= 0.6 is 15.9 Å². The summed E-state index contributed by atoms with van der Waals surface area (Å²) in [5.74, 6) is 1.56. The molecule has 0 spiro atoms. The zero-order valence-electron chi connectivity index (χ0n) is 19.1. The molecule has 0 saturated heterocycles. The molecule has 1 aliphatic rings. The highest BCUT2D eigenvalue weighted by molar-refractivity contribution is 9.12. The predicted octanol–water partition coefficient (Wildman–Crippen LogP) is 5.44. The summed E-state index contributed by atoms with van der Waals surface area (Å²) >= 11 is 3.54. The van der Waals surface area contributed by atoms with Crippen LogP contribution in [0, 0.1) is 5.41 Å². The Morgan fingerprint density at radius 2 is 1.90 bits per heavy atom. The maximum absolute atomic E-state index is 5.52. The van der Waals surface area contributed by atoms with E-state index in [0.29, 0.717) is 6.54 Å². The summed E-state index contributed by atoms with van der Waals surface area (Å²) in [5.41, 5.74) is 4.09. The maximum Gasteiger partial charge on any atom is 0.175 e. The van der Waals surface area contributed by atoms with Gasteiger partial charge in [-0.1, -0.05) is 69.8 Å². The second-order valence-electron chi connectivity index (χ2n) is 8.36. The molecule has 166 valence electrons. The van der Waals surface area contributed by atoms with Gasteiger partial charge >= 0.3 is 0 Å². The number of rotatable bonds is 9. The van der Waals surface area contributed by atoms with Crippen molar-refractivity contribution >= 4 is 27.7 Å². The lowest BCUT2D eigenvalue weighted by Gasteiger charge is -2.26. The van der Waals surface area contributed by atoms with E-state index in [1.54, 1.807) is 13.3 Å². The van der Waals surface area contributed by atoms with Crippen LogP contribution in [0.25, 0.3) is 5.57 Å². The molecule has 1 atom stereocenters. The lowest BCUT2D eigenvalue weighted by molar-refractivity contribution is 0.273. The van der Waals surface area contributed by atoms with E-state index < -0.39 is 0 Å². The summed E-state index contributed by atoms with van der Waals surface area (Å²) in [6.45, 7) is 17.4. The third-order valence-corrected chi connectivity index (χ3v) is 5.53. The number of nitrogens with one attached hydrogen (secondary N) is 3. The smallest absolute Gasteiger partial charge is 0.175 e. The van der Waals surface area contributed by atoms with E-state index >= 15 is 0 Å². The first-order valence-corrected chi connectivity index (χ1v) is 11.0. The molecule has 0 fully saturated rings. The minimum Gasteiger partial charge on any atom is -0.500 e. The average Bonchev–Trinajstić information content (AvgIpc) is 2.72. The standard InChI is InChI=1S/C25H33BrN4O/c1-17(20-11-9-8-10-12-20)13-21(31-7)15-27-24-28-16-22(26)23(30-24)29-19(3)14-18(2)25(4,5)6/h8-14,16,24,27,29-30H,1,3,15H2,2,4-7H3/b18-14+,21-13-. The van der Waals surface area contributed by atoms with Gasteiger partial charge < -0.3 is 15.4 Å². The van der Waals surface area contributed by atoms with Crippen LogP contribution < -0.4 is 16.0 Å². The van der Waals surface area contributed by atoms with E-state index in [1.165, 1.54) is 5.57 Å². The molecular formula is C25H33BrN4O. The number of hydrogen-bond acceptors (Lipinski definition) is 5. The Morgan fingerprint density at radius 1 is 1.23 bits per heavy atom. The topological polar surface area (TPSA) is 57.7 Å². The number of allylic oxidation sites excluding steroid dienone is 5. The van der Waals surface area contributed by atoms with Crippen LogP contribution in [0.1, 0.15) is 33.3 Å². The quantitative estimate of drug-likeness (QED) is 0.322. The Bertz CT molecular complexity index is 921. The van der Waals surface area contributed by atoms with Gasteiger partial charge in [0, 0.05) is 11.9 Å². The summed E-state index contributed by atoms with van der Waals surface area (Å²) in [4.78, 5) is 4.47. The molecular weight excluding hydrogens is 452 g/mol. The van der Waals surface area contributed by atoms with Crippen LogP contribution in [-0.4, -0.2) is 26.2 Å². The van der Waals surface area contributed by atoms with Crippen LogP contribution in [0.5, 0.6) is 0 Å². The first-order valence-electron chi connectivity index (χ1n) is 10.2. The molecule has 1 heterocycles. The molecule has 0 saturated carbocycles. The fourth-order valence-corrected chi connectivity index (χ4v) is 2.96. The minimum absolute atomic E-state index is 0.0917. The third-order valence-electron chi connectivity index (χ3n) is 4.93. The molecule has 1 aliphatic heterocycles. The lowest BCUT2D eigenvalue weighted by atomic mass is 9.87. The molecule has 2 rings (SSSR count). The summed E-state index contributed by atoms with van der Waals surface area (Å²) in [5, 5.41) is 9.98. The van der Waals surface area contributed by atoms with Crippen molar-refractivity contribution in [3.63, 3.8) is 0 Å². The highest BCUT2D eigenvalue weighted by atomic mass is 79.9. The van der Waals surface area contributed by atoms with E-state index in [-0.39, 0.29) is 11.7 Å². The second-order valence-corrected chi connectivity index (χ2v) is 9.22. The number of nitrogens with zero attached hydrogens (tertiary/aromatic N) is 1. The normalized spacial score (nSPS) is 17.3. The van der Waals surface area contributed by atoms with Crippen molar-refractivity contribution in [3.8, 4) is 0 Å². The van der Waals surface area contributed by atoms with Gasteiger partial charge in [0.2, 0.25) is 0 Å². The van der Waals surface area contributed by atoms with Gasteiger partial charge in [-0.15, -0.1) is 0 Å². The van der Waals surface area contributed by atoms with Gasteiger partial charge in [-0.25, -0.2) is 0 Å². The molecule has 3 N–H and O–H groups in total. The van der Waals surface area contributed by atoms with E-state index in [1.807, 2.05) is 36.4 Å². The highest BCUT2D eigenvalue weighted by Crippen LogP contribution is 2.25. The van der Waals surface area contributed by atoms with Crippen molar-refractivity contribution in [1.29, 1.82) is 0 Å². The van der Waals surface area contributed by atoms with Crippen molar-refractivity contribution < 1.29 is 4.74 Å². The Balaban J connectivity index is 1.97. The Kier molecular flexibility index (Phi) is 8.89. The van der Waals surface area contributed by atoms with Crippen LogP contribution in [0.4, 0.5) is 0 Å². The second kappa shape index (κ2) is 11.2. The Hall–Kier alpha value is -2.57. The van der Waals surface area contributed by atoms with Crippen molar-refractivity contribution in [2.75, 3.05) is 13.7 Å². The SMILES string of the molecule is C=C(/C=C(\C)C(C)(C)C)NC1=C(Br)C=NC(NC/C(=C/C(=C)c2ccccc2)OC)N1. The van der Waals surface area contributed by atoms with Gasteiger partial charge in [0.15, 0.2) is 6.29 Å². The monoisotopic (exact) mass is 484 g/mol. The first-order chi connectivity index (χ1) is 14.6. The van der Waals surface area contributed by atoms with Crippen molar-refractivity contribution in [3.05, 3.63) is 88.5 Å². The van der Waals surface area contributed by atoms with Crippen LogP contribution in [0.2, 0.25) is 0 Å². The van der Waals surface area contributed by atoms with Gasteiger partial charge in [-0.05, 0) is 51.6 Å². The van der Waals surface area contributed by atoms with E-state index in [9.17, 15) is 0 Å². The van der Waals surface area contributed by atoms with Crippen molar-refractivity contribution in [2.24, 2.45) is 10.4 Å². The zero-order chi connectivity index (χ0) is 23.0. The third kappa shape index (κ3) is 7.89. The number of benzene rings is 1. The summed E-state index contributed by atoms with van der Waals surface area (Å²) in [6.07, 6.45) is 5.45. The molecule has 0 amide bonds. The number of methoxy groups -OCH3 is 1. The molecule has 0 bridgehead atoms.